The van der Waals surface area contributed by atoms with Crippen molar-refractivity contribution < 1.29 is 13.2 Å². The lowest BCUT2D eigenvalue weighted by Gasteiger charge is -2.28. The molecule has 9 heteroatoms. The molecule has 2 aromatic carbocycles. The smallest absolute Gasteiger partial charge is 0.263 e. The van der Waals surface area contributed by atoms with Crippen molar-refractivity contribution in [3.8, 4) is 0 Å². The van der Waals surface area contributed by atoms with Crippen molar-refractivity contribution in [3.63, 3.8) is 0 Å². The van der Waals surface area contributed by atoms with E-state index < -0.39 is 10.0 Å². The van der Waals surface area contributed by atoms with Gasteiger partial charge in [0.15, 0.2) is 5.13 Å². The average molecular weight is 429 g/mol. The van der Waals surface area contributed by atoms with Crippen LogP contribution in [0, 0.1) is 0 Å². The van der Waals surface area contributed by atoms with Crippen molar-refractivity contribution in [2.75, 3.05) is 23.1 Å². The van der Waals surface area contributed by atoms with Crippen molar-refractivity contribution >= 4 is 38.1 Å². The van der Waals surface area contributed by atoms with E-state index >= 15 is 0 Å². The zero-order valence-electron chi connectivity index (χ0n) is 15.5. The molecule has 1 aliphatic heterocycles. The number of nitrogens with one attached hydrogen (secondary N) is 2. The number of anilines is 2. The number of sulfonamides is 1. The lowest BCUT2D eigenvalue weighted by molar-refractivity contribution is -0.117. The normalized spacial score (nSPS) is 14.2. The number of carbonyl (C=O) groups is 1. The number of fused-ring (bicyclic) bond motifs is 1. The Balaban J connectivity index is 1.34. The maximum absolute atomic E-state index is 12.4. The molecule has 1 amide bonds. The van der Waals surface area contributed by atoms with Crippen molar-refractivity contribution in [3.05, 3.63) is 71.2 Å². The van der Waals surface area contributed by atoms with Gasteiger partial charge in [-0.05, 0) is 41.8 Å². The molecule has 150 valence electrons. The predicted molar refractivity (Wildman–Crippen MR) is 113 cm³/mol. The van der Waals surface area contributed by atoms with Gasteiger partial charge in [-0.1, -0.05) is 24.3 Å². The van der Waals surface area contributed by atoms with Crippen LogP contribution in [0.5, 0.6) is 0 Å². The number of hydrogen-bond acceptors (Lipinski definition) is 6. The topological polar surface area (TPSA) is 91.4 Å². The Hall–Kier alpha value is -2.75. The molecule has 1 aromatic heterocycles. The minimum atomic E-state index is -3.70. The van der Waals surface area contributed by atoms with E-state index in [1.807, 2.05) is 12.1 Å². The lowest BCUT2D eigenvalue weighted by atomic mass is 10.00. The Labute approximate surface area is 173 Å². The van der Waals surface area contributed by atoms with E-state index in [0.717, 1.165) is 19.5 Å². The third kappa shape index (κ3) is 4.81. The first-order chi connectivity index (χ1) is 14.0. The molecule has 2 heterocycles. The number of benzene rings is 2. The van der Waals surface area contributed by atoms with Gasteiger partial charge in [0.2, 0.25) is 5.91 Å². The number of hydrogen-bond donors (Lipinski definition) is 2. The van der Waals surface area contributed by atoms with Crippen LogP contribution in [0.1, 0.15) is 11.1 Å². The molecular formula is C20H20N4O3S2. The van der Waals surface area contributed by atoms with E-state index in [4.69, 9.17) is 0 Å². The van der Waals surface area contributed by atoms with Gasteiger partial charge in [0.05, 0.1) is 11.4 Å². The first-order valence-electron chi connectivity index (χ1n) is 9.11. The van der Waals surface area contributed by atoms with Crippen LogP contribution in [0.2, 0.25) is 0 Å². The van der Waals surface area contributed by atoms with Crippen molar-refractivity contribution in [2.24, 2.45) is 0 Å². The molecule has 4 rings (SSSR count). The van der Waals surface area contributed by atoms with Crippen molar-refractivity contribution in [1.82, 2.24) is 9.88 Å². The molecular weight excluding hydrogens is 408 g/mol. The number of thiazole rings is 1. The van der Waals surface area contributed by atoms with Crippen LogP contribution < -0.4 is 10.0 Å². The Morgan fingerprint density at radius 2 is 1.86 bits per heavy atom. The minimum absolute atomic E-state index is 0.110. The molecule has 2 N–H and O–H groups in total. The number of carbonyl (C=O) groups excluding carboxylic acids is 1. The largest absolute Gasteiger partial charge is 0.325 e. The van der Waals surface area contributed by atoms with Gasteiger partial charge < -0.3 is 5.32 Å². The van der Waals surface area contributed by atoms with Crippen LogP contribution in [0.15, 0.2) is 65.0 Å². The molecule has 0 saturated heterocycles. The highest BCUT2D eigenvalue weighted by molar-refractivity contribution is 7.93. The molecule has 0 fully saturated rings. The quantitative estimate of drug-likeness (QED) is 0.630. The van der Waals surface area contributed by atoms with Crippen LogP contribution >= 0.6 is 11.3 Å². The van der Waals surface area contributed by atoms with E-state index in [1.54, 1.807) is 17.5 Å². The molecule has 3 aromatic rings. The van der Waals surface area contributed by atoms with Gasteiger partial charge in [0.25, 0.3) is 10.0 Å². The van der Waals surface area contributed by atoms with E-state index in [0.29, 0.717) is 17.4 Å². The second-order valence-corrected chi connectivity index (χ2v) is 9.32. The summed E-state index contributed by atoms with van der Waals surface area (Å²) < 4.78 is 27.1. The Bertz CT molecular complexity index is 1100. The number of rotatable bonds is 6. The van der Waals surface area contributed by atoms with Gasteiger partial charge in [0, 0.05) is 30.4 Å². The summed E-state index contributed by atoms with van der Waals surface area (Å²) in [5, 5.41) is 4.83. The second kappa shape index (κ2) is 8.32. The van der Waals surface area contributed by atoms with Crippen LogP contribution in [-0.2, 0) is 27.8 Å². The summed E-state index contributed by atoms with van der Waals surface area (Å²) >= 11 is 1.21. The summed E-state index contributed by atoms with van der Waals surface area (Å²) in [5.74, 6) is -0.124. The Kier molecular flexibility index (Phi) is 5.61. The van der Waals surface area contributed by atoms with Crippen molar-refractivity contribution in [2.45, 2.75) is 17.9 Å². The summed E-state index contributed by atoms with van der Waals surface area (Å²) in [6, 6.07) is 14.4. The fourth-order valence-corrected chi connectivity index (χ4v) is 5.05. The fourth-order valence-electron chi connectivity index (χ4n) is 3.26. The van der Waals surface area contributed by atoms with Crippen molar-refractivity contribution in [1.29, 1.82) is 0 Å². The molecule has 0 saturated carbocycles. The first-order valence-corrected chi connectivity index (χ1v) is 11.5. The van der Waals surface area contributed by atoms with Crippen LogP contribution in [0.4, 0.5) is 10.8 Å². The van der Waals surface area contributed by atoms with Crippen LogP contribution in [-0.4, -0.2) is 37.3 Å². The highest BCUT2D eigenvalue weighted by atomic mass is 32.2. The Morgan fingerprint density at radius 1 is 1.10 bits per heavy atom. The molecule has 29 heavy (non-hydrogen) atoms. The van der Waals surface area contributed by atoms with Gasteiger partial charge in [-0.3, -0.25) is 14.4 Å². The molecule has 0 unspecified atom stereocenters. The second-order valence-electron chi connectivity index (χ2n) is 6.74. The number of amides is 1. The SMILES string of the molecule is O=C(CN1CCc2ccccc2C1)Nc1ccc(S(=O)(=O)Nc2nccs2)cc1. The van der Waals surface area contributed by atoms with Gasteiger partial charge in [0.1, 0.15) is 0 Å². The summed E-state index contributed by atoms with van der Waals surface area (Å²) in [5.41, 5.74) is 3.15. The standard InChI is InChI=1S/C20H20N4O3S2/c25-19(14-24-11-9-15-3-1-2-4-16(15)13-24)22-17-5-7-18(8-6-17)29(26,27)23-20-21-10-12-28-20/h1-8,10,12H,9,11,13-14H2,(H,21,23)(H,22,25). The van der Waals surface area contributed by atoms with Crippen LogP contribution in [0.25, 0.3) is 0 Å². The number of aromatic nitrogens is 1. The summed E-state index contributed by atoms with van der Waals surface area (Å²) in [6.07, 6.45) is 2.46. The molecule has 1 aliphatic rings. The molecule has 0 atom stereocenters. The van der Waals surface area contributed by atoms with Crippen LogP contribution in [0.3, 0.4) is 0 Å². The molecule has 7 nitrogen and oxygen atoms in total. The van der Waals surface area contributed by atoms with E-state index in [1.165, 1.54) is 40.8 Å². The lowest BCUT2D eigenvalue weighted by Crippen LogP contribution is -2.37. The van der Waals surface area contributed by atoms with E-state index in [2.05, 4.69) is 32.1 Å². The zero-order chi connectivity index (χ0) is 20.3. The minimum Gasteiger partial charge on any atom is -0.325 e. The summed E-state index contributed by atoms with van der Waals surface area (Å²) in [6.45, 7) is 1.88. The van der Waals surface area contributed by atoms with Gasteiger partial charge in [-0.25, -0.2) is 13.4 Å². The third-order valence-electron chi connectivity index (χ3n) is 4.68. The molecule has 0 aliphatic carbocycles. The highest BCUT2D eigenvalue weighted by Crippen LogP contribution is 2.20. The summed E-state index contributed by atoms with van der Waals surface area (Å²) in [4.78, 5) is 18.5. The number of nitrogens with zero attached hydrogens (tertiary/aromatic N) is 2. The molecule has 0 bridgehead atoms. The van der Waals surface area contributed by atoms with E-state index in [9.17, 15) is 13.2 Å². The van der Waals surface area contributed by atoms with Gasteiger partial charge in [-0.15, -0.1) is 11.3 Å². The highest BCUT2D eigenvalue weighted by Gasteiger charge is 2.19. The monoisotopic (exact) mass is 428 g/mol. The first kappa shape index (κ1) is 19.6. The molecule has 0 spiro atoms. The predicted octanol–water partition coefficient (Wildman–Crippen LogP) is 2.94. The summed E-state index contributed by atoms with van der Waals surface area (Å²) in [7, 11) is -3.70. The van der Waals surface area contributed by atoms with E-state index in [-0.39, 0.29) is 10.8 Å². The average Bonchev–Trinajstić information content (AvgIpc) is 3.20. The van der Waals surface area contributed by atoms with Gasteiger partial charge >= 0.3 is 0 Å². The van der Waals surface area contributed by atoms with Gasteiger partial charge in [-0.2, -0.15) is 0 Å². The molecule has 0 radical (unpaired) electrons. The Morgan fingerprint density at radius 3 is 2.59 bits per heavy atom. The zero-order valence-corrected chi connectivity index (χ0v) is 17.2. The maximum atomic E-state index is 12.4. The maximum Gasteiger partial charge on any atom is 0.263 e. The fraction of sp³-hybridized carbons (Fsp3) is 0.200. The third-order valence-corrected chi connectivity index (χ3v) is 6.85.